The van der Waals surface area contributed by atoms with E-state index in [1.165, 1.54) is 12.8 Å². The van der Waals surface area contributed by atoms with Crippen LogP contribution in [0.25, 0.3) is 0 Å². The summed E-state index contributed by atoms with van der Waals surface area (Å²) in [6.45, 7) is 3.32. The van der Waals surface area contributed by atoms with Gasteiger partial charge in [0.2, 0.25) is 5.91 Å². The summed E-state index contributed by atoms with van der Waals surface area (Å²) in [6.07, 6.45) is 5.59. The summed E-state index contributed by atoms with van der Waals surface area (Å²) in [5, 5.41) is 9.00. The molecule has 2 aromatic rings. The van der Waals surface area contributed by atoms with Crippen molar-refractivity contribution < 1.29 is 9.53 Å². The SMILES string of the molecule is COc1ccccc1CCC(=O)N1CCc2nnc(C3CCCCN3C)n2CC1. The number of para-hydroxylation sites is 1. The van der Waals surface area contributed by atoms with E-state index in [0.717, 1.165) is 55.4 Å². The van der Waals surface area contributed by atoms with Crippen LogP contribution in [0, 0.1) is 0 Å². The summed E-state index contributed by atoms with van der Waals surface area (Å²) in [4.78, 5) is 17.2. The molecule has 156 valence electrons. The highest BCUT2D eigenvalue weighted by Gasteiger charge is 2.29. The lowest BCUT2D eigenvalue weighted by atomic mass is 10.0. The number of ether oxygens (including phenoxy) is 1. The van der Waals surface area contributed by atoms with Crippen LogP contribution in [-0.4, -0.2) is 64.3 Å². The van der Waals surface area contributed by atoms with Crippen LogP contribution in [0.3, 0.4) is 0 Å². The lowest BCUT2D eigenvalue weighted by Gasteiger charge is -2.32. The molecule has 1 aromatic heterocycles. The first-order chi connectivity index (χ1) is 14.2. The fourth-order valence-electron chi connectivity index (χ4n) is 4.55. The third-order valence-electron chi connectivity index (χ3n) is 6.28. The summed E-state index contributed by atoms with van der Waals surface area (Å²) in [7, 11) is 3.85. The first kappa shape index (κ1) is 19.9. The number of nitrogens with zero attached hydrogens (tertiary/aromatic N) is 5. The number of carbonyl (C=O) groups is 1. The molecule has 2 aliphatic heterocycles. The van der Waals surface area contributed by atoms with Crippen LogP contribution in [0.4, 0.5) is 0 Å². The summed E-state index contributed by atoms with van der Waals surface area (Å²) < 4.78 is 7.67. The van der Waals surface area contributed by atoms with E-state index in [0.29, 0.717) is 25.4 Å². The highest BCUT2D eigenvalue weighted by molar-refractivity contribution is 5.76. The van der Waals surface area contributed by atoms with E-state index in [2.05, 4.69) is 26.7 Å². The summed E-state index contributed by atoms with van der Waals surface area (Å²) >= 11 is 0. The molecule has 1 saturated heterocycles. The van der Waals surface area contributed by atoms with E-state index in [4.69, 9.17) is 4.74 Å². The van der Waals surface area contributed by atoms with Crippen LogP contribution in [0.1, 0.15) is 48.9 Å². The normalized spacial score (nSPS) is 20.2. The van der Waals surface area contributed by atoms with Crippen molar-refractivity contribution in [1.82, 2.24) is 24.6 Å². The maximum absolute atomic E-state index is 12.9. The number of methoxy groups -OCH3 is 1. The van der Waals surface area contributed by atoms with Gasteiger partial charge in [-0.3, -0.25) is 9.69 Å². The zero-order valence-corrected chi connectivity index (χ0v) is 17.5. The number of aromatic nitrogens is 3. The minimum atomic E-state index is 0.200. The highest BCUT2D eigenvalue weighted by Crippen LogP contribution is 2.29. The number of hydrogen-bond donors (Lipinski definition) is 0. The van der Waals surface area contributed by atoms with Gasteiger partial charge < -0.3 is 14.2 Å². The molecule has 4 rings (SSSR count). The average molecular weight is 398 g/mol. The van der Waals surface area contributed by atoms with Crippen LogP contribution >= 0.6 is 0 Å². The number of hydrogen-bond acceptors (Lipinski definition) is 5. The molecule has 1 unspecified atom stereocenters. The Balaban J connectivity index is 1.39. The molecule has 1 atom stereocenters. The molecule has 1 aromatic carbocycles. The first-order valence-electron chi connectivity index (χ1n) is 10.7. The van der Waals surface area contributed by atoms with E-state index in [1.54, 1.807) is 7.11 Å². The second kappa shape index (κ2) is 8.95. The zero-order chi connectivity index (χ0) is 20.2. The topological polar surface area (TPSA) is 63.5 Å². The number of likely N-dealkylation sites (tertiary alicyclic amines) is 1. The van der Waals surface area contributed by atoms with Gasteiger partial charge in [-0.2, -0.15) is 0 Å². The van der Waals surface area contributed by atoms with Crippen LogP contribution in [-0.2, 0) is 24.2 Å². The fraction of sp³-hybridized carbons (Fsp3) is 0.591. The quantitative estimate of drug-likeness (QED) is 0.776. The maximum atomic E-state index is 12.9. The number of aryl methyl sites for hydroxylation is 1. The Morgan fingerprint density at radius 2 is 2.00 bits per heavy atom. The van der Waals surface area contributed by atoms with E-state index >= 15 is 0 Å². The molecule has 29 heavy (non-hydrogen) atoms. The number of rotatable bonds is 5. The van der Waals surface area contributed by atoms with Gasteiger partial charge in [0.05, 0.1) is 13.2 Å². The van der Waals surface area contributed by atoms with Crippen molar-refractivity contribution in [3.63, 3.8) is 0 Å². The number of piperidine rings is 1. The van der Waals surface area contributed by atoms with Gasteiger partial charge in [-0.1, -0.05) is 24.6 Å². The van der Waals surface area contributed by atoms with Crippen molar-refractivity contribution in [1.29, 1.82) is 0 Å². The summed E-state index contributed by atoms with van der Waals surface area (Å²) in [5.74, 6) is 3.14. The van der Waals surface area contributed by atoms with E-state index < -0.39 is 0 Å². The molecule has 7 nitrogen and oxygen atoms in total. The van der Waals surface area contributed by atoms with Crippen molar-refractivity contribution in [3.05, 3.63) is 41.5 Å². The van der Waals surface area contributed by atoms with Gasteiger partial charge >= 0.3 is 0 Å². The smallest absolute Gasteiger partial charge is 0.222 e. The highest BCUT2D eigenvalue weighted by atomic mass is 16.5. The molecule has 7 heteroatoms. The van der Waals surface area contributed by atoms with Crippen molar-refractivity contribution in [3.8, 4) is 5.75 Å². The number of amides is 1. The van der Waals surface area contributed by atoms with Crippen LogP contribution in [0.5, 0.6) is 5.75 Å². The molecular weight excluding hydrogens is 366 g/mol. The van der Waals surface area contributed by atoms with E-state index in [1.807, 2.05) is 29.2 Å². The molecule has 0 bridgehead atoms. The Morgan fingerprint density at radius 1 is 1.14 bits per heavy atom. The van der Waals surface area contributed by atoms with E-state index in [9.17, 15) is 4.79 Å². The Bertz CT molecular complexity index is 849. The van der Waals surface area contributed by atoms with E-state index in [-0.39, 0.29) is 5.91 Å². The largest absolute Gasteiger partial charge is 0.496 e. The molecule has 1 amide bonds. The van der Waals surface area contributed by atoms with Gasteiger partial charge in [0.25, 0.3) is 0 Å². The minimum Gasteiger partial charge on any atom is -0.496 e. The predicted molar refractivity (Wildman–Crippen MR) is 111 cm³/mol. The fourth-order valence-corrected chi connectivity index (χ4v) is 4.55. The second-order valence-corrected chi connectivity index (χ2v) is 8.06. The molecule has 2 aliphatic rings. The molecule has 0 aliphatic carbocycles. The van der Waals surface area contributed by atoms with Crippen molar-refractivity contribution in [2.24, 2.45) is 0 Å². The average Bonchev–Trinajstić information content (AvgIpc) is 3.03. The molecule has 1 fully saturated rings. The second-order valence-electron chi connectivity index (χ2n) is 8.06. The molecule has 3 heterocycles. The molecule has 0 radical (unpaired) electrons. The number of benzene rings is 1. The standard InChI is InChI=1S/C22H31N5O2/c1-25-13-6-5-8-18(25)22-24-23-20-12-14-26(15-16-27(20)22)21(28)11-10-17-7-3-4-9-19(17)29-2/h3-4,7,9,18H,5-6,8,10-16H2,1-2H3. The molecule has 0 spiro atoms. The lowest BCUT2D eigenvalue weighted by molar-refractivity contribution is -0.131. The third-order valence-corrected chi connectivity index (χ3v) is 6.28. The van der Waals surface area contributed by atoms with Crippen molar-refractivity contribution >= 4 is 5.91 Å². The van der Waals surface area contributed by atoms with Gasteiger partial charge in [-0.15, -0.1) is 10.2 Å². The molecule has 0 N–H and O–H groups in total. The van der Waals surface area contributed by atoms with Gasteiger partial charge in [-0.25, -0.2) is 0 Å². The maximum Gasteiger partial charge on any atom is 0.222 e. The lowest BCUT2D eigenvalue weighted by Crippen LogP contribution is -2.35. The Kier molecular flexibility index (Phi) is 6.13. The van der Waals surface area contributed by atoms with Crippen molar-refractivity contribution in [2.45, 2.75) is 51.1 Å². The van der Waals surface area contributed by atoms with Crippen molar-refractivity contribution in [2.75, 3.05) is 33.8 Å². The van der Waals surface area contributed by atoms with Crippen LogP contribution in [0.15, 0.2) is 24.3 Å². The summed E-state index contributed by atoms with van der Waals surface area (Å²) in [6, 6.07) is 8.27. The Hall–Kier alpha value is -2.41. The molecule has 0 saturated carbocycles. The van der Waals surface area contributed by atoms with Gasteiger partial charge in [-0.05, 0) is 44.5 Å². The Morgan fingerprint density at radius 3 is 2.83 bits per heavy atom. The first-order valence-corrected chi connectivity index (χ1v) is 10.7. The van der Waals surface area contributed by atoms with Crippen LogP contribution in [0.2, 0.25) is 0 Å². The van der Waals surface area contributed by atoms with Crippen LogP contribution < -0.4 is 4.74 Å². The number of fused-ring (bicyclic) bond motifs is 1. The van der Waals surface area contributed by atoms with Gasteiger partial charge in [0, 0.05) is 32.5 Å². The Labute approximate surface area is 172 Å². The minimum absolute atomic E-state index is 0.200. The molecular formula is C22H31N5O2. The monoisotopic (exact) mass is 397 g/mol. The van der Waals surface area contributed by atoms with Gasteiger partial charge in [0.1, 0.15) is 17.4 Å². The summed E-state index contributed by atoms with van der Waals surface area (Å²) in [5.41, 5.74) is 1.08. The van der Waals surface area contributed by atoms with Gasteiger partial charge in [0.15, 0.2) is 0 Å². The third kappa shape index (κ3) is 4.29. The zero-order valence-electron chi connectivity index (χ0n) is 17.5. The predicted octanol–water partition coefficient (Wildman–Crippen LogP) is 2.46. The number of carbonyl (C=O) groups excluding carboxylic acids is 1.